The summed E-state index contributed by atoms with van der Waals surface area (Å²) in [7, 11) is 0. The van der Waals surface area contributed by atoms with Gasteiger partial charge in [-0.3, -0.25) is 9.59 Å². The van der Waals surface area contributed by atoms with Crippen molar-refractivity contribution in [3.8, 4) is 0 Å². The number of rotatable bonds is 22. The molecule has 212 valence electrons. The summed E-state index contributed by atoms with van der Waals surface area (Å²) in [4.78, 5) is 25.4. The summed E-state index contributed by atoms with van der Waals surface area (Å²) in [6.07, 6.45) is 18.5. The molecule has 0 aliphatic rings. The zero-order valence-electron chi connectivity index (χ0n) is 24.7. The molecule has 3 unspecified atom stereocenters. The minimum absolute atomic E-state index is 0.119. The lowest BCUT2D eigenvalue weighted by molar-refractivity contribution is -0.148. The molecule has 0 aromatic heterocycles. The number of carbonyl (C=O) groups is 2. The van der Waals surface area contributed by atoms with Crippen LogP contribution in [0.4, 0.5) is 0 Å². The number of amides is 1. The smallest absolute Gasteiger partial charge is 0.307 e. The molecule has 0 aliphatic carbocycles. The number of hydrogen-bond acceptors (Lipinski definition) is 2. The molecule has 0 heterocycles. The van der Waals surface area contributed by atoms with Gasteiger partial charge >= 0.3 is 5.97 Å². The van der Waals surface area contributed by atoms with Gasteiger partial charge in [-0.05, 0) is 36.3 Å². The zero-order chi connectivity index (χ0) is 27.5. The molecule has 4 heteroatoms. The van der Waals surface area contributed by atoms with Crippen molar-refractivity contribution >= 4 is 11.9 Å². The zero-order valence-corrected chi connectivity index (χ0v) is 24.7. The van der Waals surface area contributed by atoms with Crippen LogP contribution in [0.5, 0.6) is 0 Å². The second-order valence-electron chi connectivity index (χ2n) is 11.4. The summed E-state index contributed by atoms with van der Waals surface area (Å²) >= 11 is 0. The van der Waals surface area contributed by atoms with E-state index in [1.807, 2.05) is 0 Å². The summed E-state index contributed by atoms with van der Waals surface area (Å²) in [6.45, 7) is 11.0. The van der Waals surface area contributed by atoms with Crippen LogP contribution in [-0.2, 0) is 16.0 Å². The Morgan fingerprint density at radius 1 is 0.730 bits per heavy atom. The normalized spacial score (nSPS) is 13.9. The number of carboxylic acid groups (broad SMARTS) is 1. The second kappa shape index (κ2) is 20.2. The van der Waals surface area contributed by atoms with Crippen LogP contribution in [0.3, 0.4) is 0 Å². The highest BCUT2D eigenvalue weighted by Crippen LogP contribution is 2.37. The Labute approximate surface area is 228 Å². The molecule has 37 heavy (non-hydrogen) atoms. The minimum atomic E-state index is -0.885. The van der Waals surface area contributed by atoms with Gasteiger partial charge in [-0.25, -0.2) is 0 Å². The number of aliphatic carboxylic acids is 1. The first-order chi connectivity index (χ1) is 17.8. The number of benzene rings is 1. The average Bonchev–Trinajstić information content (AvgIpc) is 2.87. The lowest BCUT2D eigenvalue weighted by atomic mass is 9.72. The van der Waals surface area contributed by atoms with E-state index in [0.717, 1.165) is 24.8 Å². The molecule has 0 radical (unpaired) electrons. The molecule has 1 aromatic rings. The van der Waals surface area contributed by atoms with Gasteiger partial charge in [0.2, 0.25) is 5.91 Å². The Hall–Kier alpha value is -1.84. The molecule has 0 saturated heterocycles. The molecule has 0 bridgehead atoms. The van der Waals surface area contributed by atoms with Gasteiger partial charge in [-0.2, -0.15) is 0 Å². The van der Waals surface area contributed by atoms with Crippen LogP contribution in [-0.4, -0.2) is 23.5 Å². The second-order valence-corrected chi connectivity index (χ2v) is 11.4. The van der Waals surface area contributed by atoms with Crippen molar-refractivity contribution in [2.75, 3.05) is 6.54 Å². The Bertz CT molecular complexity index is 728. The molecule has 3 atom stereocenters. The predicted molar refractivity (Wildman–Crippen MR) is 157 cm³/mol. The largest absolute Gasteiger partial charge is 0.481 e. The van der Waals surface area contributed by atoms with Gasteiger partial charge in [0, 0.05) is 18.4 Å². The van der Waals surface area contributed by atoms with Crippen molar-refractivity contribution in [2.24, 2.45) is 17.8 Å². The number of aryl methyl sites for hydroxylation is 1. The van der Waals surface area contributed by atoms with E-state index < -0.39 is 17.8 Å². The van der Waals surface area contributed by atoms with E-state index in [0.29, 0.717) is 6.54 Å². The highest BCUT2D eigenvalue weighted by Gasteiger charge is 2.39. The van der Waals surface area contributed by atoms with Crippen LogP contribution in [0.25, 0.3) is 0 Å². The van der Waals surface area contributed by atoms with Crippen molar-refractivity contribution in [3.63, 3.8) is 0 Å². The Balaban J connectivity index is 2.64. The van der Waals surface area contributed by atoms with E-state index in [-0.39, 0.29) is 17.7 Å². The molecule has 1 amide bonds. The standard InChI is InChI=1S/C33H57NO3/c1-6-8-10-12-14-15-17-19-25-34-32(35)27(5)31(33(36)37)30(26(3)4)29-23-21-28(22-24-29)20-18-16-13-11-9-7-2/h21-24,26-27,30-31H,6-20,25H2,1-5H3,(H,34,35)(H,36,37). The van der Waals surface area contributed by atoms with Crippen molar-refractivity contribution in [2.45, 2.75) is 137 Å². The van der Waals surface area contributed by atoms with Crippen LogP contribution in [0.2, 0.25) is 0 Å². The van der Waals surface area contributed by atoms with Gasteiger partial charge in [0.25, 0.3) is 0 Å². The van der Waals surface area contributed by atoms with Crippen LogP contribution < -0.4 is 5.32 Å². The third kappa shape index (κ3) is 13.5. The molecular weight excluding hydrogens is 458 g/mol. The fourth-order valence-corrected chi connectivity index (χ4v) is 5.50. The fourth-order valence-electron chi connectivity index (χ4n) is 5.50. The van der Waals surface area contributed by atoms with Gasteiger partial charge in [0.1, 0.15) is 0 Å². The molecular formula is C33H57NO3. The number of nitrogens with one attached hydrogen (secondary N) is 1. The SMILES string of the molecule is CCCCCCCCCCNC(=O)C(C)C(C(=O)O)C(c1ccc(CCCCCCCC)cc1)C(C)C. The maximum atomic E-state index is 12.9. The highest BCUT2D eigenvalue weighted by molar-refractivity contribution is 5.85. The quantitative estimate of drug-likeness (QED) is 0.151. The molecule has 1 rings (SSSR count). The lowest BCUT2D eigenvalue weighted by Crippen LogP contribution is -2.40. The minimum Gasteiger partial charge on any atom is -0.481 e. The van der Waals surface area contributed by atoms with E-state index in [9.17, 15) is 14.7 Å². The monoisotopic (exact) mass is 515 g/mol. The number of carboxylic acids is 1. The third-order valence-electron chi connectivity index (χ3n) is 7.86. The number of carbonyl (C=O) groups excluding carboxylic acids is 1. The molecule has 0 saturated carbocycles. The Kier molecular flexibility index (Phi) is 18.1. The van der Waals surface area contributed by atoms with Gasteiger partial charge in [0.15, 0.2) is 0 Å². The summed E-state index contributed by atoms with van der Waals surface area (Å²) in [5, 5.41) is 13.2. The first-order valence-corrected chi connectivity index (χ1v) is 15.4. The van der Waals surface area contributed by atoms with E-state index in [4.69, 9.17) is 0 Å². The average molecular weight is 516 g/mol. The molecule has 2 N–H and O–H groups in total. The van der Waals surface area contributed by atoms with Crippen LogP contribution in [0.15, 0.2) is 24.3 Å². The predicted octanol–water partition coefficient (Wildman–Crippen LogP) is 8.92. The molecule has 1 aromatic carbocycles. The number of unbranched alkanes of at least 4 members (excludes halogenated alkanes) is 12. The van der Waals surface area contributed by atoms with E-state index in [2.05, 4.69) is 57.3 Å². The fraction of sp³-hybridized carbons (Fsp3) is 0.758. The van der Waals surface area contributed by atoms with Crippen LogP contribution in [0.1, 0.15) is 142 Å². The topological polar surface area (TPSA) is 66.4 Å². The molecule has 0 aliphatic heterocycles. The van der Waals surface area contributed by atoms with Crippen molar-refractivity contribution < 1.29 is 14.7 Å². The molecule has 4 nitrogen and oxygen atoms in total. The van der Waals surface area contributed by atoms with Crippen molar-refractivity contribution in [1.82, 2.24) is 5.32 Å². The lowest BCUT2D eigenvalue weighted by Gasteiger charge is -2.31. The van der Waals surface area contributed by atoms with E-state index in [1.54, 1.807) is 6.92 Å². The summed E-state index contributed by atoms with van der Waals surface area (Å²) in [5.74, 6) is -2.44. The van der Waals surface area contributed by atoms with E-state index >= 15 is 0 Å². The van der Waals surface area contributed by atoms with Crippen molar-refractivity contribution in [1.29, 1.82) is 0 Å². The highest BCUT2D eigenvalue weighted by atomic mass is 16.4. The first kappa shape index (κ1) is 33.2. The van der Waals surface area contributed by atoms with Crippen LogP contribution in [0, 0.1) is 17.8 Å². The van der Waals surface area contributed by atoms with Gasteiger partial charge in [0.05, 0.1) is 5.92 Å². The summed E-state index contributed by atoms with van der Waals surface area (Å²) < 4.78 is 0. The van der Waals surface area contributed by atoms with Gasteiger partial charge < -0.3 is 10.4 Å². The van der Waals surface area contributed by atoms with Crippen molar-refractivity contribution in [3.05, 3.63) is 35.4 Å². The Morgan fingerprint density at radius 3 is 1.70 bits per heavy atom. The van der Waals surface area contributed by atoms with Gasteiger partial charge in [-0.1, -0.05) is 136 Å². The van der Waals surface area contributed by atoms with E-state index in [1.165, 1.54) is 82.6 Å². The third-order valence-corrected chi connectivity index (χ3v) is 7.86. The van der Waals surface area contributed by atoms with Crippen LogP contribution >= 0.6 is 0 Å². The Morgan fingerprint density at radius 2 is 1.22 bits per heavy atom. The maximum absolute atomic E-state index is 12.9. The first-order valence-electron chi connectivity index (χ1n) is 15.4. The molecule has 0 fully saturated rings. The maximum Gasteiger partial charge on any atom is 0.307 e. The number of hydrogen-bond donors (Lipinski definition) is 2. The summed E-state index contributed by atoms with van der Waals surface area (Å²) in [5.41, 5.74) is 2.33. The van der Waals surface area contributed by atoms with Gasteiger partial charge in [-0.15, -0.1) is 0 Å². The summed E-state index contributed by atoms with van der Waals surface area (Å²) in [6, 6.07) is 8.50. The molecule has 0 spiro atoms.